The normalized spacial score (nSPS) is 18.0. The number of allylic oxidation sites excluding steroid dienone is 1. The molecule has 0 bridgehead atoms. The highest BCUT2D eigenvalue weighted by molar-refractivity contribution is 5.94. The molecular formula is C18H30O3. The number of hydrogen-bond donors (Lipinski definition) is 0. The van der Waals surface area contributed by atoms with Gasteiger partial charge in [-0.2, -0.15) is 0 Å². The lowest BCUT2D eigenvalue weighted by atomic mass is 9.98. The van der Waals surface area contributed by atoms with E-state index in [1.807, 2.05) is 6.08 Å². The van der Waals surface area contributed by atoms with Gasteiger partial charge in [-0.1, -0.05) is 63.9 Å². The van der Waals surface area contributed by atoms with Crippen LogP contribution in [0, 0.1) is 5.92 Å². The Kier molecular flexibility index (Phi) is 9.84. The van der Waals surface area contributed by atoms with Gasteiger partial charge in [-0.25, -0.2) is 0 Å². The van der Waals surface area contributed by atoms with Crippen molar-refractivity contribution >= 4 is 11.9 Å². The van der Waals surface area contributed by atoms with Crippen LogP contribution in [0.5, 0.6) is 0 Å². The molecule has 0 aromatic carbocycles. The number of esters is 2. The fourth-order valence-electron chi connectivity index (χ4n) is 2.84. The predicted molar refractivity (Wildman–Crippen MR) is 84.8 cm³/mol. The molecule has 3 nitrogen and oxygen atoms in total. The Morgan fingerprint density at radius 2 is 1.43 bits per heavy atom. The molecule has 0 aromatic heterocycles. The smallest absolute Gasteiger partial charge is 0.317 e. The van der Waals surface area contributed by atoms with E-state index >= 15 is 0 Å². The average Bonchev–Trinajstić information content (AvgIpc) is 2.78. The zero-order chi connectivity index (χ0) is 15.3. The Morgan fingerprint density at radius 1 is 0.905 bits per heavy atom. The van der Waals surface area contributed by atoms with Crippen molar-refractivity contribution in [1.29, 1.82) is 0 Å². The molecule has 1 fully saturated rings. The average molecular weight is 294 g/mol. The summed E-state index contributed by atoms with van der Waals surface area (Å²) in [4.78, 5) is 22.2. The number of rotatable bonds is 13. The van der Waals surface area contributed by atoms with Crippen molar-refractivity contribution in [2.75, 3.05) is 0 Å². The molecule has 0 aromatic rings. The quantitative estimate of drug-likeness (QED) is 0.209. The van der Waals surface area contributed by atoms with Gasteiger partial charge in [-0.05, 0) is 19.3 Å². The van der Waals surface area contributed by atoms with Gasteiger partial charge in [0, 0.05) is 0 Å². The molecule has 1 unspecified atom stereocenters. The monoisotopic (exact) mass is 294 g/mol. The lowest BCUT2D eigenvalue weighted by Crippen LogP contribution is -2.06. The van der Waals surface area contributed by atoms with Crippen LogP contribution >= 0.6 is 0 Å². The third-order valence-corrected chi connectivity index (χ3v) is 4.17. The van der Waals surface area contributed by atoms with Crippen molar-refractivity contribution < 1.29 is 14.3 Å². The highest BCUT2D eigenvalue weighted by Crippen LogP contribution is 2.22. The summed E-state index contributed by atoms with van der Waals surface area (Å²) in [6.07, 6.45) is 17.0. The van der Waals surface area contributed by atoms with Gasteiger partial charge in [0.2, 0.25) is 0 Å². The van der Waals surface area contributed by atoms with E-state index in [4.69, 9.17) is 0 Å². The minimum absolute atomic E-state index is 0.159. The van der Waals surface area contributed by atoms with E-state index in [1.54, 1.807) is 0 Å². The van der Waals surface area contributed by atoms with Crippen molar-refractivity contribution in [2.24, 2.45) is 5.92 Å². The molecule has 0 saturated carbocycles. The van der Waals surface area contributed by atoms with Crippen LogP contribution in [-0.2, 0) is 14.3 Å². The molecule has 3 heteroatoms. The molecule has 0 spiro atoms. The third-order valence-electron chi connectivity index (χ3n) is 4.17. The van der Waals surface area contributed by atoms with Crippen molar-refractivity contribution in [1.82, 2.24) is 0 Å². The minimum Gasteiger partial charge on any atom is -0.393 e. The SMILES string of the molecule is C=CCCCCCCCCCCCCC1CC(=O)OC1=O. The molecule has 0 aliphatic carbocycles. The number of carbonyl (C=O) groups is 2. The molecule has 1 saturated heterocycles. The number of ether oxygens (including phenoxy) is 1. The lowest BCUT2D eigenvalue weighted by molar-refractivity contribution is -0.153. The molecule has 1 aliphatic heterocycles. The lowest BCUT2D eigenvalue weighted by Gasteiger charge is -2.04. The van der Waals surface area contributed by atoms with E-state index in [-0.39, 0.29) is 17.9 Å². The molecule has 21 heavy (non-hydrogen) atoms. The van der Waals surface area contributed by atoms with Gasteiger partial charge in [0.05, 0.1) is 12.3 Å². The second kappa shape index (κ2) is 11.5. The summed E-state index contributed by atoms with van der Waals surface area (Å²) in [5.74, 6) is -0.817. The van der Waals surface area contributed by atoms with E-state index in [1.165, 1.54) is 51.4 Å². The van der Waals surface area contributed by atoms with Gasteiger partial charge >= 0.3 is 11.9 Å². The van der Waals surface area contributed by atoms with Crippen molar-refractivity contribution in [3.8, 4) is 0 Å². The standard InChI is InChI=1S/C18H30O3/c1-2-3-4-5-6-7-8-9-10-11-12-13-14-16-15-17(19)21-18(16)20/h2,16H,1,3-15H2. The van der Waals surface area contributed by atoms with Crippen molar-refractivity contribution in [3.63, 3.8) is 0 Å². The van der Waals surface area contributed by atoms with Crippen molar-refractivity contribution in [2.45, 2.75) is 83.5 Å². The molecule has 1 heterocycles. The summed E-state index contributed by atoms with van der Waals surface area (Å²) in [5, 5.41) is 0. The molecule has 0 radical (unpaired) electrons. The summed E-state index contributed by atoms with van der Waals surface area (Å²) in [5.41, 5.74) is 0. The fraction of sp³-hybridized carbons (Fsp3) is 0.778. The Balaban J connectivity index is 1.80. The van der Waals surface area contributed by atoms with Gasteiger partial charge in [0.25, 0.3) is 0 Å². The Hall–Kier alpha value is -1.12. The maximum absolute atomic E-state index is 11.3. The van der Waals surface area contributed by atoms with Crippen LogP contribution < -0.4 is 0 Å². The predicted octanol–water partition coefficient (Wildman–Crippen LogP) is 4.94. The topological polar surface area (TPSA) is 43.4 Å². The molecule has 1 aliphatic rings. The first-order valence-corrected chi connectivity index (χ1v) is 8.59. The Morgan fingerprint density at radius 3 is 1.90 bits per heavy atom. The maximum Gasteiger partial charge on any atom is 0.317 e. The second-order valence-corrected chi connectivity index (χ2v) is 6.10. The molecule has 0 N–H and O–H groups in total. The van der Waals surface area contributed by atoms with Gasteiger partial charge in [-0.15, -0.1) is 6.58 Å². The van der Waals surface area contributed by atoms with Crippen LogP contribution in [0.25, 0.3) is 0 Å². The van der Waals surface area contributed by atoms with Gasteiger partial charge < -0.3 is 4.74 Å². The number of carbonyl (C=O) groups excluding carboxylic acids is 2. The van der Waals surface area contributed by atoms with E-state index in [0.717, 1.165) is 25.7 Å². The van der Waals surface area contributed by atoms with Gasteiger partial charge in [0.15, 0.2) is 0 Å². The first-order valence-electron chi connectivity index (χ1n) is 8.59. The van der Waals surface area contributed by atoms with E-state index in [0.29, 0.717) is 6.42 Å². The summed E-state index contributed by atoms with van der Waals surface area (Å²) < 4.78 is 4.55. The van der Waals surface area contributed by atoms with Crippen LogP contribution in [-0.4, -0.2) is 11.9 Å². The summed E-state index contributed by atoms with van der Waals surface area (Å²) in [6, 6.07) is 0. The first-order chi connectivity index (χ1) is 10.2. The molecule has 1 atom stereocenters. The van der Waals surface area contributed by atoms with Crippen LogP contribution in [0.4, 0.5) is 0 Å². The van der Waals surface area contributed by atoms with Crippen LogP contribution in [0.1, 0.15) is 83.5 Å². The van der Waals surface area contributed by atoms with E-state index in [2.05, 4.69) is 11.3 Å². The van der Waals surface area contributed by atoms with Crippen LogP contribution in [0.3, 0.4) is 0 Å². The Bertz CT molecular complexity index is 322. The summed E-state index contributed by atoms with van der Waals surface area (Å²) in [7, 11) is 0. The summed E-state index contributed by atoms with van der Waals surface area (Å²) >= 11 is 0. The fourth-order valence-corrected chi connectivity index (χ4v) is 2.84. The highest BCUT2D eigenvalue weighted by Gasteiger charge is 2.32. The van der Waals surface area contributed by atoms with Gasteiger partial charge in [-0.3, -0.25) is 9.59 Å². The van der Waals surface area contributed by atoms with Gasteiger partial charge in [0.1, 0.15) is 0 Å². The Labute approximate surface area is 129 Å². The van der Waals surface area contributed by atoms with E-state index in [9.17, 15) is 9.59 Å². The van der Waals surface area contributed by atoms with E-state index < -0.39 is 0 Å². The minimum atomic E-state index is -0.349. The largest absolute Gasteiger partial charge is 0.393 e. The molecule has 0 amide bonds. The number of unbranched alkanes of at least 4 members (excludes halogenated alkanes) is 10. The number of cyclic esters (lactones) is 2. The molecular weight excluding hydrogens is 264 g/mol. The number of hydrogen-bond acceptors (Lipinski definition) is 3. The van der Waals surface area contributed by atoms with Crippen molar-refractivity contribution in [3.05, 3.63) is 12.7 Å². The second-order valence-electron chi connectivity index (χ2n) is 6.10. The third kappa shape index (κ3) is 8.69. The first kappa shape index (κ1) is 17.9. The summed E-state index contributed by atoms with van der Waals surface area (Å²) in [6.45, 7) is 3.73. The zero-order valence-corrected chi connectivity index (χ0v) is 13.3. The molecule has 1 rings (SSSR count). The highest BCUT2D eigenvalue weighted by atomic mass is 16.6. The zero-order valence-electron chi connectivity index (χ0n) is 13.3. The molecule has 120 valence electrons. The maximum atomic E-state index is 11.3. The van der Waals surface area contributed by atoms with Crippen LogP contribution in [0.15, 0.2) is 12.7 Å². The van der Waals surface area contributed by atoms with Crippen LogP contribution in [0.2, 0.25) is 0 Å².